The molecule has 0 radical (unpaired) electrons. The number of hydrogen-bond donors (Lipinski definition) is 2. The van der Waals surface area contributed by atoms with Crippen molar-refractivity contribution in [3.63, 3.8) is 0 Å². The minimum absolute atomic E-state index is 0.0532. The summed E-state index contributed by atoms with van der Waals surface area (Å²) in [5.74, 6) is 0. The Labute approximate surface area is 104 Å². The van der Waals surface area contributed by atoms with Crippen LogP contribution in [-0.4, -0.2) is 16.1 Å². The summed E-state index contributed by atoms with van der Waals surface area (Å²) in [5, 5.41) is 3.63. The molecule has 1 aliphatic rings. The molecular weight excluding hydrogens is 212 g/mol. The number of aromatic nitrogens is 1. The second kappa shape index (κ2) is 5.50. The van der Waals surface area contributed by atoms with Crippen LogP contribution >= 0.6 is 0 Å². The van der Waals surface area contributed by atoms with Crippen LogP contribution in [0.25, 0.3) is 0 Å². The number of piperidine rings is 1. The fraction of sp³-hybridized carbons (Fsp3) is 0.643. The van der Waals surface area contributed by atoms with Crippen molar-refractivity contribution in [1.82, 2.24) is 10.3 Å². The summed E-state index contributed by atoms with van der Waals surface area (Å²) in [6.45, 7) is 9.14. The zero-order valence-corrected chi connectivity index (χ0v) is 11.3. The van der Waals surface area contributed by atoms with Crippen molar-refractivity contribution in [3.05, 3.63) is 34.7 Å². The van der Waals surface area contributed by atoms with E-state index in [9.17, 15) is 4.79 Å². The van der Waals surface area contributed by atoms with E-state index in [1.54, 1.807) is 18.3 Å². The van der Waals surface area contributed by atoms with Gasteiger partial charge >= 0.3 is 0 Å². The van der Waals surface area contributed by atoms with E-state index in [0.29, 0.717) is 11.1 Å². The van der Waals surface area contributed by atoms with E-state index in [0.717, 1.165) is 0 Å². The van der Waals surface area contributed by atoms with Gasteiger partial charge in [-0.15, -0.1) is 0 Å². The molecule has 0 atom stereocenters. The highest BCUT2D eigenvalue weighted by Crippen LogP contribution is 2.27. The normalized spacial score (nSPS) is 21.2. The van der Waals surface area contributed by atoms with Gasteiger partial charge in [-0.2, -0.15) is 0 Å². The molecule has 0 aliphatic carbocycles. The molecule has 17 heavy (non-hydrogen) atoms. The van der Waals surface area contributed by atoms with Gasteiger partial charge < -0.3 is 10.3 Å². The van der Waals surface area contributed by atoms with E-state index in [-0.39, 0.29) is 5.56 Å². The quantitative estimate of drug-likeness (QED) is 0.727. The van der Waals surface area contributed by atoms with Gasteiger partial charge in [0.15, 0.2) is 0 Å². The van der Waals surface area contributed by atoms with Crippen LogP contribution in [-0.2, 0) is 0 Å². The first-order valence-electron chi connectivity index (χ1n) is 6.24. The predicted molar refractivity (Wildman–Crippen MR) is 72.2 cm³/mol. The molecule has 2 N–H and O–H groups in total. The molecule has 0 saturated carbocycles. The van der Waals surface area contributed by atoms with E-state index in [1.807, 2.05) is 0 Å². The first-order valence-corrected chi connectivity index (χ1v) is 6.24. The van der Waals surface area contributed by atoms with Gasteiger partial charge in [0.1, 0.15) is 0 Å². The van der Waals surface area contributed by atoms with Crippen molar-refractivity contribution >= 4 is 0 Å². The Balaban J connectivity index is 0.000000181. The van der Waals surface area contributed by atoms with Gasteiger partial charge in [0.2, 0.25) is 5.56 Å². The van der Waals surface area contributed by atoms with Crippen LogP contribution < -0.4 is 10.9 Å². The number of rotatable bonds is 0. The van der Waals surface area contributed by atoms with Crippen molar-refractivity contribution in [1.29, 1.82) is 0 Å². The van der Waals surface area contributed by atoms with Crippen LogP contribution in [0.3, 0.4) is 0 Å². The minimum Gasteiger partial charge on any atom is -0.329 e. The lowest BCUT2D eigenvalue weighted by atomic mass is 9.83. The van der Waals surface area contributed by atoms with Crippen LogP contribution in [0.2, 0.25) is 0 Å². The Hall–Kier alpha value is -1.09. The maximum Gasteiger partial charge on any atom is 0.247 e. The topological polar surface area (TPSA) is 44.9 Å². The average molecular weight is 236 g/mol. The smallest absolute Gasteiger partial charge is 0.247 e. The number of H-pyrrole nitrogens is 1. The van der Waals surface area contributed by atoms with E-state index in [4.69, 9.17) is 0 Å². The molecule has 0 amide bonds. The van der Waals surface area contributed by atoms with Crippen molar-refractivity contribution < 1.29 is 0 Å². The van der Waals surface area contributed by atoms with Gasteiger partial charge in [0.25, 0.3) is 0 Å². The largest absolute Gasteiger partial charge is 0.329 e. The summed E-state index contributed by atoms with van der Waals surface area (Å²) in [7, 11) is 0. The minimum atomic E-state index is -0.0532. The molecule has 1 aromatic heterocycles. The molecule has 2 heterocycles. The molecule has 0 bridgehead atoms. The fourth-order valence-electron chi connectivity index (χ4n) is 2.39. The standard InChI is InChI=1S/C9H19N.C5H5NO/c1-8(2)6-5-7-9(3,4)10-8;7-5-3-1-2-4-6-5/h10H,5-7H2,1-4H3;1-4H,(H,6,7). The SMILES string of the molecule is CC1(C)CCCC(C)(C)N1.O=c1cccc[nH]1. The van der Waals surface area contributed by atoms with Crippen LogP contribution in [0.5, 0.6) is 0 Å². The molecule has 3 heteroatoms. The lowest BCUT2D eigenvalue weighted by Gasteiger charge is -2.42. The van der Waals surface area contributed by atoms with Crippen LogP contribution in [0, 0.1) is 0 Å². The Morgan fingerprint density at radius 3 is 1.88 bits per heavy atom. The zero-order chi connectivity index (χ0) is 12.9. The molecule has 0 aromatic carbocycles. The Bertz CT molecular complexity index is 362. The highest BCUT2D eigenvalue weighted by Gasteiger charge is 2.31. The van der Waals surface area contributed by atoms with Crippen LogP contribution in [0.1, 0.15) is 47.0 Å². The third-order valence-electron chi connectivity index (χ3n) is 2.96. The Morgan fingerprint density at radius 2 is 1.65 bits per heavy atom. The lowest BCUT2D eigenvalue weighted by Crippen LogP contribution is -2.55. The molecule has 3 nitrogen and oxygen atoms in total. The van der Waals surface area contributed by atoms with E-state index >= 15 is 0 Å². The molecule has 1 saturated heterocycles. The number of pyridine rings is 1. The summed E-state index contributed by atoms with van der Waals surface area (Å²) in [4.78, 5) is 12.7. The third-order valence-corrected chi connectivity index (χ3v) is 2.96. The van der Waals surface area contributed by atoms with Gasteiger partial charge in [-0.3, -0.25) is 4.79 Å². The third kappa shape index (κ3) is 5.68. The highest BCUT2D eigenvalue weighted by atomic mass is 16.1. The van der Waals surface area contributed by atoms with Gasteiger partial charge in [-0.05, 0) is 53.0 Å². The van der Waals surface area contributed by atoms with Crippen LogP contribution in [0.15, 0.2) is 29.2 Å². The molecule has 1 aromatic rings. The summed E-state index contributed by atoms with van der Waals surface area (Å²) >= 11 is 0. The molecular formula is C14H24N2O. The fourth-order valence-corrected chi connectivity index (χ4v) is 2.39. The molecule has 2 rings (SSSR count). The van der Waals surface area contributed by atoms with Crippen molar-refractivity contribution in [3.8, 4) is 0 Å². The number of hydrogen-bond acceptors (Lipinski definition) is 2. The summed E-state index contributed by atoms with van der Waals surface area (Å²) in [6, 6.07) is 4.93. The van der Waals surface area contributed by atoms with E-state index in [2.05, 4.69) is 38.0 Å². The first-order chi connectivity index (χ1) is 7.81. The van der Waals surface area contributed by atoms with E-state index < -0.39 is 0 Å². The van der Waals surface area contributed by atoms with Gasteiger partial charge in [-0.25, -0.2) is 0 Å². The molecule has 1 fully saturated rings. The number of aromatic amines is 1. The second-order valence-corrected chi connectivity index (χ2v) is 5.97. The highest BCUT2D eigenvalue weighted by molar-refractivity contribution is 4.93. The monoisotopic (exact) mass is 236 g/mol. The van der Waals surface area contributed by atoms with Gasteiger partial charge in [0.05, 0.1) is 0 Å². The summed E-state index contributed by atoms with van der Waals surface area (Å²) < 4.78 is 0. The van der Waals surface area contributed by atoms with E-state index in [1.165, 1.54) is 25.3 Å². The van der Waals surface area contributed by atoms with Crippen molar-refractivity contribution in [2.75, 3.05) is 0 Å². The van der Waals surface area contributed by atoms with Crippen molar-refractivity contribution in [2.45, 2.75) is 58.0 Å². The molecule has 0 spiro atoms. The summed E-state index contributed by atoms with van der Waals surface area (Å²) in [5.41, 5.74) is 0.672. The van der Waals surface area contributed by atoms with Crippen molar-refractivity contribution in [2.24, 2.45) is 0 Å². The van der Waals surface area contributed by atoms with Crippen LogP contribution in [0.4, 0.5) is 0 Å². The van der Waals surface area contributed by atoms with Gasteiger partial charge in [-0.1, -0.05) is 6.07 Å². The summed E-state index contributed by atoms with van der Waals surface area (Å²) in [6.07, 6.45) is 5.60. The second-order valence-electron chi connectivity index (χ2n) is 5.97. The zero-order valence-electron chi connectivity index (χ0n) is 11.3. The average Bonchev–Trinajstić information content (AvgIpc) is 2.15. The lowest BCUT2D eigenvalue weighted by molar-refractivity contribution is 0.183. The number of nitrogens with one attached hydrogen (secondary N) is 2. The Kier molecular flexibility index (Phi) is 4.52. The molecule has 1 aliphatic heterocycles. The first kappa shape index (κ1) is 14.0. The predicted octanol–water partition coefficient (Wildman–Crippen LogP) is 2.69. The van der Waals surface area contributed by atoms with Gasteiger partial charge in [0, 0.05) is 23.3 Å². The molecule has 0 unspecified atom stereocenters. The maximum absolute atomic E-state index is 10.2. The maximum atomic E-state index is 10.2. The Morgan fingerprint density at radius 1 is 1.06 bits per heavy atom. The molecule has 96 valence electrons.